The van der Waals surface area contributed by atoms with Crippen molar-refractivity contribution in [3.05, 3.63) is 82.9 Å². The van der Waals surface area contributed by atoms with Gasteiger partial charge in [0, 0.05) is 49.1 Å². The lowest BCUT2D eigenvalue weighted by Gasteiger charge is -2.35. The second kappa shape index (κ2) is 17.6. The van der Waals surface area contributed by atoms with Gasteiger partial charge in [0.2, 0.25) is 0 Å². The molecule has 0 bridgehead atoms. The van der Waals surface area contributed by atoms with Crippen molar-refractivity contribution in [3.63, 3.8) is 0 Å². The fraction of sp³-hybridized carbons (Fsp3) is 0.444. The number of urea groups is 1. The van der Waals surface area contributed by atoms with Crippen LogP contribution >= 0.6 is 11.6 Å². The molecule has 0 aliphatic carbocycles. The van der Waals surface area contributed by atoms with Crippen molar-refractivity contribution in [2.24, 2.45) is 5.92 Å². The lowest BCUT2D eigenvalue weighted by atomic mass is 10.0. The smallest absolute Gasteiger partial charge is 0.416 e. The van der Waals surface area contributed by atoms with Crippen molar-refractivity contribution in [2.45, 2.75) is 69.4 Å². The Morgan fingerprint density at radius 2 is 1.71 bits per heavy atom. The Morgan fingerprint density at radius 3 is 2.35 bits per heavy atom. The number of alkyl halides is 3. The van der Waals surface area contributed by atoms with Crippen LogP contribution in [-0.4, -0.2) is 86.9 Å². The first-order valence-corrected chi connectivity index (χ1v) is 18.7. The van der Waals surface area contributed by atoms with Crippen molar-refractivity contribution < 1.29 is 45.8 Å². The number of nitrogens with zero attached hydrogens (tertiary/aromatic N) is 2. The highest BCUT2D eigenvalue weighted by atomic mass is 35.5. The van der Waals surface area contributed by atoms with Gasteiger partial charge in [0.15, 0.2) is 0 Å². The Hall–Kier alpha value is -4.05. The first kappa shape index (κ1) is 40.7. The molecular weight excluding hydrogens is 725 g/mol. The maximum Gasteiger partial charge on any atom is 0.416 e. The van der Waals surface area contributed by atoms with Crippen molar-refractivity contribution >= 4 is 44.9 Å². The van der Waals surface area contributed by atoms with Gasteiger partial charge >= 0.3 is 12.2 Å². The number of hydrogen-bond donors (Lipinski definition) is 3. The number of aliphatic hydroxyl groups is 1. The van der Waals surface area contributed by atoms with Crippen LogP contribution < -0.4 is 14.8 Å². The lowest BCUT2D eigenvalue weighted by Crippen LogP contribution is -2.48. The Labute approximate surface area is 307 Å². The van der Waals surface area contributed by atoms with Crippen molar-refractivity contribution in [2.75, 3.05) is 43.4 Å². The number of rotatable bonds is 8. The number of hydrogen-bond acceptors (Lipinski definition) is 7. The first-order chi connectivity index (χ1) is 24.5. The second-order valence-corrected chi connectivity index (χ2v) is 15.1. The van der Waals surface area contributed by atoms with Gasteiger partial charge in [-0.25, -0.2) is 13.2 Å². The van der Waals surface area contributed by atoms with Crippen molar-refractivity contribution in [1.82, 2.24) is 9.80 Å². The first-order valence-electron chi connectivity index (χ1n) is 16.8. The zero-order chi connectivity index (χ0) is 38.2. The summed E-state index contributed by atoms with van der Waals surface area (Å²) >= 11 is 5.93. The van der Waals surface area contributed by atoms with E-state index in [9.17, 15) is 36.3 Å². The molecule has 1 aliphatic heterocycles. The highest BCUT2D eigenvalue weighted by molar-refractivity contribution is 7.92. The third kappa shape index (κ3) is 11.0. The highest BCUT2D eigenvalue weighted by Crippen LogP contribution is 2.31. The van der Waals surface area contributed by atoms with Crippen LogP contribution in [0.15, 0.2) is 71.6 Å². The van der Waals surface area contributed by atoms with Crippen molar-refractivity contribution in [1.29, 1.82) is 0 Å². The van der Waals surface area contributed by atoms with Gasteiger partial charge in [-0.3, -0.25) is 9.52 Å². The summed E-state index contributed by atoms with van der Waals surface area (Å²) in [6.45, 7) is 5.51. The molecule has 3 amide bonds. The fourth-order valence-corrected chi connectivity index (χ4v) is 6.77. The maximum atomic E-state index is 14.4. The molecule has 0 saturated carbocycles. The van der Waals surface area contributed by atoms with Crippen LogP contribution in [0.4, 0.5) is 29.3 Å². The van der Waals surface area contributed by atoms with E-state index >= 15 is 0 Å². The molecule has 284 valence electrons. The topological polar surface area (TPSA) is 138 Å². The predicted octanol–water partition coefficient (Wildman–Crippen LogP) is 7.12. The molecule has 16 heteroatoms. The second-order valence-electron chi connectivity index (χ2n) is 13.0. The molecule has 3 aromatic carbocycles. The molecule has 1 heterocycles. The zero-order valence-corrected chi connectivity index (χ0v) is 30.9. The van der Waals surface area contributed by atoms with E-state index in [0.717, 1.165) is 18.6 Å². The quantitative estimate of drug-likeness (QED) is 0.222. The van der Waals surface area contributed by atoms with Gasteiger partial charge < -0.3 is 29.7 Å². The molecule has 0 unspecified atom stereocenters. The van der Waals surface area contributed by atoms with E-state index in [1.807, 2.05) is 13.8 Å². The van der Waals surface area contributed by atoms with Crippen LogP contribution in [-0.2, 0) is 20.9 Å². The van der Waals surface area contributed by atoms with Crippen LogP contribution in [0.5, 0.6) is 5.75 Å². The number of fused-ring (bicyclic) bond motifs is 1. The minimum absolute atomic E-state index is 0.0263. The molecule has 4 rings (SSSR count). The molecule has 0 aromatic heterocycles. The number of anilines is 2. The zero-order valence-electron chi connectivity index (χ0n) is 29.3. The maximum absolute atomic E-state index is 14.4. The van der Waals surface area contributed by atoms with Gasteiger partial charge in [0.1, 0.15) is 5.75 Å². The molecule has 0 fully saturated rings. The number of nitrogens with one attached hydrogen (secondary N) is 2. The number of benzene rings is 3. The third-order valence-electron chi connectivity index (χ3n) is 8.69. The summed E-state index contributed by atoms with van der Waals surface area (Å²) in [5.41, 5.74) is -0.455. The van der Waals surface area contributed by atoms with E-state index in [2.05, 4.69) is 10.0 Å². The summed E-state index contributed by atoms with van der Waals surface area (Å²) in [6.07, 6.45) is -3.39. The van der Waals surface area contributed by atoms with Crippen LogP contribution in [0, 0.1) is 5.92 Å². The van der Waals surface area contributed by atoms with E-state index in [1.54, 1.807) is 6.92 Å². The molecule has 3 aromatic rings. The summed E-state index contributed by atoms with van der Waals surface area (Å²) in [5, 5.41) is 13.2. The number of sulfonamides is 1. The molecule has 0 saturated heterocycles. The normalized spacial score (nSPS) is 19.8. The minimum atomic E-state index is -4.51. The van der Waals surface area contributed by atoms with E-state index in [1.165, 1.54) is 71.4 Å². The summed E-state index contributed by atoms with van der Waals surface area (Å²) in [4.78, 5) is 30.2. The van der Waals surface area contributed by atoms with Gasteiger partial charge in [0.25, 0.3) is 15.9 Å². The van der Waals surface area contributed by atoms with Crippen molar-refractivity contribution in [3.8, 4) is 5.75 Å². The van der Waals surface area contributed by atoms with Gasteiger partial charge in [-0.15, -0.1) is 0 Å². The van der Waals surface area contributed by atoms with Gasteiger partial charge in [-0.2, -0.15) is 13.2 Å². The SMILES string of the molecule is C[C@@H]1CCCCO[C@@H](CN(C)C(=O)Nc2ccc(C(F)(F)F)cc2)[C@H](C)CN([C@H](C)CO)C(=O)c2cc(NS(=O)(=O)c3ccc(Cl)cc3)ccc2O1. The average molecular weight is 769 g/mol. The van der Waals surface area contributed by atoms with Gasteiger partial charge in [0.05, 0.1) is 40.9 Å². The van der Waals surface area contributed by atoms with E-state index in [0.29, 0.717) is 24.5 Å². The number of amides is 3. The Kier molecular flexibility index (Phi) is 13.8. The molecule has 4 atom stereocenters. The molecule has 3 N–H and O–H groups in total. The number of aliphatic hydroxyl groups excluding tert-OH is 1. The highest BCUT2D eigenvalue weighted by Gasteiger charge is 2.32. The monoisotopic (exact) mass is 768 g/mol. The summed E-state index contributed by atoms with van der Waals surface area (Å²) in [6, 6.07) is 12.9. The molecular formula is C36H44ClF3N4O7S. The Morgan fingerprint density at radius 1 is 1.06 bits per heavy atom. The average Bonchev–Trinajstić information content (AvgIpc) is 3.09. The largest absolute Gasteiger partial charge is 0.490 e. The van der Waals surface area contributed by atoms with Crippen LogP contribution in [0.25, 0.3) is 0 Å². The van der Waals surface area contributed by atoms with Crippen LogP contribution in [0.2, 0.25) is 5.02 Å². The summed E-state index contributed by atoms with van der Waals surface area (Å²) in [5.74, 6) is -0.663. The Balaban J connectivity index is 1.59. The van der Waals surface area contributed by atoms with Crippen LogP contribution in [0.1, 0.15) is 56.0 Å². The molecule has 11 nitrogen and oxygen atoms in total. The minimum Gasteiger partial charge on any atom is -0.490 e. The number of carbonyl (C=O) groups excluding carboxylic acids is 2. The molecule has 0 radical (unpaired) electrons. The van der Waals surface area contributed by atoms with E-state index in [-0.39, 0.29) is 53.4 Å². The number of carbonyl (C=O) groups is 2. The molecule has 0 spiro atoms. The fourth-order valence-electron chi connectivity index (χ4n) is 5.59. The van der Waals surface area contributed by atoms with E-state index < -0.39 is 51.8 Å². The predicted molar refractivity (Wildman–Crippen MR) is 192 cm³/mol. The molecule has 52 heavy (non-hydrogen) atoms. The summed E-state index contributed by atoms with van der Waals surface area (Å²) < 4.78 is 80.3. The lowest BCUT2D eigenvalue weighted by molar-refractivity contribution is -0.137. The van der Waals surface area contributed by atoms with Gasteiger partial charge in [-0.05, 0) is 99.8 Å². The van der Waals surface area contributed by atoms with Crippen LogP contribution in [0.3, 0.4) is 0 Å². The summed E-state index contributed by atoms with van der Waals surface area (Å²) in [7, 11) is -2.51. The number of halogens is 4. The standard InChI is InChI=1S/C36H44ClF3N4O7S/c1-23-20-44(24(2)22-45)34(46)31-19-29(42-52(48,49)30-15-10-27(37)11-16-30)14-17-32(31)51-25(3)7-5-6-18-50-33(23)21-43(4)35(47)41-28-12-8-26(9-13-28)36(38,39)40/h8-17,19,23-25,33,42,45H,5-7,18,20-22H2,1-4H3,(H,41,47)/t23-,24-,25-,33+/m1/s1. The third-order valence-corrected chi connectivity index (χ3v) is 10.3. The van der Waals surface area contributed by atoms with Gasteiger partial charge in [-0.1, -0.05) is 18.5 Å². The number of ether oxygens (including phenoxy) is 2. The molecule has 1 aliphatic rings. The number of likely N-dealkylation sites (N-methyl/N-ethyl adjacent to an activating group) is 1. The van der Waals surface area contributed by atoms with E-state index in [4.69, 9.17) is 21.1 Å². The Bertz CT molecular complexity index is 1780.